The lowest BCUT2D eigenvalue weighted by Crippen LogP contribution is -2.06. The maximum atomic E-state index is 12.1. The minimum Gasteiger partial charge on any atom is -0.495 e. The van der Waals surface area contributed by atoms with Gasteiger partial charge in [-0.15, -0.1) is 0 Å². The predicted molar refractivity (Wildman–Crippen MR) is 80.9 cm³/mol. The second-order valence-corrected chi connectivity index (χ2v) is 6.29. The van der Waals surface area contributed by atoms with Gasteiger partial charge in [-0.1, -0.05) is 23.8 Å². The van der Waals surface area contributed by atoms with Gasteiger partial charge in [0.1, 0.15) is 11.8 Å². The molecule has 2 aromatic carbocycles. The van der Waals surface area contributed by atoms with Gasteiger partial charge in [0.25, 0.3) is 10.1 Å². The molecule has 0 aliphatic heterocycles. The fraction of sp³-hybridized carbons (Fsp3) is 0.188. The predicted octanol–water partition coefficient (Wildman–Crippen LogP) is 2.78. The fourth-order valence-electron chi connectivity index (χ4n) is 1.85. The third-order valence-corrected chi connectivity index (χ3v) is 4.35. The summed E-state index contributed by atoms with van der Waals surface area (Å²) < 4.78 is 34.2. The Morgan fingerprint density at radius 2 is 1.82 bits per heavy atom. The highest BCUT2D eigenvalue weighted by molar-refractivity contribution is 7.86. The van der Waals surface area contributed by atoms with E-state index < -0.39 is 10.1 Å². The average molecular weight is 317 g/mol. The Morgan fingerprint density at radius 3 is 2.41 bits per heavy atom. The van der Waals surface area contributed by atoms with Gasteiger partial charge in [0.15, 0.2) is 0 Å². The number of aryl methyl sites for hydroxylation is 1. The first-order valence-corrected chi connectivity index (χ1v) is 7.90. The van der Waals surface area contributed by atoms with Gasteiger partial charge in [0.2, 0.25) is 0 Å². The van der Waals surface area contributed by atoms with Gasteiger partial charge in [0.05, 0.1) is 24.2 Å². The minimum absolute atomic E-state index is 0.104. The van der Waals surface area contributed by atoms with Crippen molar-refractivity contribution in [1.82, 2.24) is 0 Å². The Balaban J connectivity index is 2.16. The zero-order valence-corrected chi connectivity index (χ0v) is 13.1. The van der Waals surface area contributed by atoms with Crippen molar-refractivity contribution in [3.8, 4) is 11.8 Å². The molecule has 0 unspecified atom stereocenters. The summed E-state index contributed by atoms with van der Waals surface area (Å²) in [5, 5.41) is 9.02. The van der Waals surface area contributed by atoms with Crippen molar-refractivity contribution in [2.24, 2.45) is 0 Å². The van der Waals surface area contributed by atoms with Gasteiger partial charge < -0.3 is 4.74 Å². The number of hydrogen-bond acceptors (Lipinski definition) is 5. The number of nitrogens with zero attached hydrogens (tertiary/aromatic N) is 1. The summed E-state index contributed by atoms with van der Waals surface area (Å²) >= 11 is 0. The Hall–Kier alpha value is -2.36. The molecule has 0 N–H and O–H groups in total. The van der Waals surface area contributed by atoms with Gasteiger partial charge in [-0.2, -0.15) is 13.7 Å². The zero-order valence-electron chi connectivity index (χ0n) is 12.2. The molecule has 6 heteroatoms. The molecule has 0 aromatic heterocycles. The van der Waals surface area contributed by atoms with Gasteiger partial charge in [0, 0.05) is 0 Å². The molecule has 0 amide bonds. The van der Waals surface area contributed by atoms with Crippen LogP contribution in [0.15, 0.2) is 47.4 Å². The van der Waals surface area contributed by atoms with Crippen LogP contribution < -0.4 is 4.74 Å². The number of ether oxygens (including phenoxy) is 1. The average Bonchev–Trinajstić information content (AvgIpc) is 2.53. The highest BCUT2D eigenvalue weighted by Crippen LogP contribution is 2.21. The third-order valence-electron chi connectivity index (χ3n) is 3.07. The molecule has 0 bridgehead atoms. The van der Waals surface area contributed by atoms with Crippen LogP contribution in [0.25, 0.3) is 0 Å². The first-order chi connectivity index (χ1) is 10.5. The SMILES string of the molecule is COc1ccc(COS(=O)(=O)c2ccc(C)cc2)cc1C#N. The van der Waals surface area contributed by atoms with Crippen molar-refractivity contribution in [2.75, 3.05) is 7.11 Å². The first-order valence-electron chi connectivity index (χ1n) is 6.49. The monoisotopic (exact) mass is 317 g/mol. The van der Waals surface area contributed by atoms with Crippen LogP contribution in [0.2, 0.25) is 0 Å². The van der Waals surface area contributed by atoms with E-state index in [0.29, 0.717) is 16.9 Å². The molecule has 0 atom stereocenters. The molecule has 0 saturated heterocycles. The molecule has 0 spiro atoms. The number of nitriles is 1. The van der Waals surface area contributed by atoms with Crippen molar-refractivity contribution in [3.05, 3.63) is 59.2 Å². The molecular formula is C16H15NO4S. The Kier molecular flexibility index (Phi) is 4.81. The quantitative estimate of drug-likeness (QED) is 0.793. The lowest BCUT2D eigenvalue weighted by atomic mass is 10.1. The van der Waals surface area contributed by atoms with Gasteiger partial charge in [-0.3, -0.25) is 4.18 Å². The van der Waals surface area contributed by atoms with Crippen LogP contribution in [0.3, 0.4) is 0 Å². The normalized spacial score (nSPS) is 11.0. The molecule has 2 aromatic rings. The van der Waals surface area contributed by atoms with Gasteiger partial charge in [-0.25, -0.2) is 0 Å². The summed E-state index contributed by atoms with van der Waals surface area (Å²) in [5.41, 5.74) is 1.87. The van der Waals surface area contributed by atoms with E-state index in [1.54, 1.807) is 30.3 Å². The third kappa shape index (κ3) is 3.64. The van der Waals surface area contributed by atoms with Gasteiger partial charge in [-0.05, 0) is 36.8 Å². The highest BCUT2D eigenvalue weighted by atomic mass is 32.2. The molecule has 0 heterocycles. The van der Waals surface area contributed by atoms with Crippen LogP contribution in [-0.2, 0) is 20.9 Å². The van der Waals surface area contributed by atoms with Crippen molar-refractivity contribution in [3.63, 3.8) is 0 Å². The molecule has 0 radical (unpaired) electrons. The van der Waals surface area contributed by atoms with E-state index in [4.69, 9.17) is 14.2 Å². The Labute approximate surface area is 129 Å². The lowest BCUT2D eigenvalue weighted by Gasteiger charge is -2.08. The van der Waals surface area contributed by atoms with Crippen molar-refractivity contribution in [2.45, 2.75) is 18.4 Å². The van der Waals surface area contributed by atoms with E-state index >= 15 is 0 Å². The minimum atomic E-state index is -3.82. The number of hydrogen-bond donors (Lipinski definition) is 0. The maximum absolute atomic E-state index is 12.1. The summed E-state index contributed by atoms with van der Waals surface area (Å²) in [7, 11) is -2.36. The Bertz CT molecular complexity index is 805. The molecule has 5 nitrogen and oxygen atoms in total. The maximum Gasteiger partial charge on any atom is 0.297 e. The van der Waals surface area contributed by atoms with Gasteiger partial charge >= 0.3 is 0 Å². The molecule has 0 aliphatic rings. The molecule has 114 valence electrons. The van der Waals surface area contributed by atoms with Crippen molar-refractivity contribution < 1.29 is 17.3 Å². The van der Waals surface area contributed by atoms with Crippen LogP contribution in [0.5, 0.6) is 5.75 Å². The number of methoxy groups -OCH3 is 1. The van der Waals surface area contributed by atoms with E-state index in [2.05, 4.69) is 0 Å². The second kappa shape index (κ2) is 6.60. The zero-order chi connectivity index (χ0) is 16.2. The standard InChI is InChI=1S/C16H15NO4S/c1-12-3-6-15(7-4-12)22(18,19)21-11-13-5-8-16(20-2)14(9-13)10-17/h3-9H,11H2,1-2H3. The van der Waals surface area contributed by atoms with Crippen molar-refractivity contribution >= 4 is 10.1 Å². The smallest absolute Gasteiger partial charge is 0.297 e. The van der Waals surface area contributed by atoms with Crippen LogP contribution in [0.4, 0.5) is 0 Å². The van der Waals surface area contributed by atoms with E-state index in [0.717, 1.165) is 5.56 Å². The molecule has 0 aliphatic carbocycles. The number of rotatable bonds is 5. The summed E-state index contributed by atoms with van der Waals surface area (Å²) in [6.45, 7) is 1.73. The van der Waals surface area contributed by atoms with E-state index in [1.165, 1.54) is 19.2 Å². The summed E-state index contributed by atoms with van der Waals surface area (Å²) in [4.78, 5) is 0.104. The molecule has 2 rings (SSSR count). The van der Waals surface area contributed by atoms with Crippen LogP contribution >= 0.6 is 0 Å². The van der Waals surface area contributed by atoms with Crippen molar-refractivity contribution in [1.29, 1.82) is 5.26 Å². The highest BCUT2D eigenvalue weighted by Gasteiger charge is 2.15. The molecule has 0 fully saturated rings. The fourth-order valence-corrected chi connectivity index (χ4v) is 2.75. The van der Waals surface area contributed by atoms with Crippen LogP contribution in [0, 0.1) is 18.3 Å². The van der Waals surface area contributed by atoms with E-state index in [1.807, 2.05) is 13.0 Å². The van der Waals surface area contributed by atoms with E-state index in [-0.39, 0.29) is 11.5 Å². The molecule has 0 saturated carbocycles. The summed E-state index contributed by atoms with van der Waals surface area (Å²) in [6.07, 6.45) is 0. The first kappa shape index (κ1) is 16.0. The summed E-state index contributed by atoms with van der Waals surface area (Å²) in [6, 6.07) is 13.2. The molecule has 22 heavy (non-hydrogen) atoms. The summed E-state index contributed by atoms with van der Waals surface area (Å²) in [5.74, 6) is 0.438. The van der Waals surface area contributed by atoms with E-state index in [9.17, 15) is 8.42 Å². The number of benzene rings is 2. The van der Waals surface area contributed by atoms with Crippen LogP contribution in [-0.4, -0.2) is 15.5 Å². The largest absolute Gasteiger partial charge is 0.495 e. The molecular weight excluding hydrogens is 302 g/mol. The lowest BCUT2D eigenvalue weighted by molar-refractivity contribution is 0.307. The Morgan fingerprint density at radius 1 is 1.14 bits per heavy atom. The topological polar surface area (TPSA) is 76.4 Å². The van der Waals surface area contributed by atoms with Crippen LogP contribution in [0.1, 0.15) is 16.7 Å². The second-order valence-electron chi connectivity index (χ2n) is 4.68.